The first-order chi connectivity index (χ1) is 16.2. The van der Waals surface area contributed by atoms with Crippen molar-refractivity contribution >= 4 is 29.3 Å². The highest BCUT2D eigenvalue weighted by Crippen LogP contribution is 2.36. The van der Waals surface area contributed by atoms with Crippen LogP contribution in [0.4, 0.5) is 11.6 Å². The Bertz CT molecular complexity index is 1290. The van der Waals surface area contributed by atoms with E-state index in [1.165, 1.54) is 5.56 Å². The van der Waals surface area contributed by atoms with Crippen LogP contribution in [0, 0.1) is 0 Å². The fraction of sp³-hybridized carbons (Fsp3) is 0.125. The zero-order chi connectivity index (χ0) is 22.6. The lowest BCUT2D eigenvalue weighted by Crippen LogP contribution is -2.31. The van der Waals surface area contributed by atoms with Crippen LogP contribution in [0.15, 0.2) is 95.8 Å². The highest BCUT2D eigenvalue weighted by molar-refractivity contribution is 7.98. The summed E-state index contributed by atoms with van der Waals surface area (Å²) in [6.45, 7) is 1.88. The number of carbonyl (C=O) groups is 1. The first-order valence-electron chi connectivity index (χ1n) is 10.4. The molecule has 8 nitrogen and oxygen atoms in total. The molecule has 9 heteroatoms. The van der Waals surface area contributed by atoms with Crippen molar-refractivity contribution in [1.29, 1.82) is 0 Å². The Hall–Kier alpha value is -3.98. The molecule has 2 N–H and O–H groups in total. The molecular weight excluding hydrogens is 434 g/mol. The van der Waals surface area contributed by atoms with E-state index in [0.29, 0.717) is 22.4 Å². The molecule has 0 spiro atoms. The lowest BCUT2D eigenvalue weighted by molar-refractivity contribution is -0.113. The van der Waals surface area contributed by atoms with E-state index in [-0.39, 0.29) is 5.91 Å². The summed E-state index contributed by atoms with van der Waals surface area (Å²) in [5, 5.41) is 11.6. The van der Waals surface area contributed by atoms with Crippen LogP contribution in [0.25, 0.3) is 0 Å². The predicted octanol–water partition coefficient (Wildman–Crippen LogP) is 4.29. The van der Waals surface area contributed by atoms with E-state index in [2.05, 4.69) is 37.7 Å². The lowest BCUT2D eigenvalue weighted by Gasteiger charge is -2.28. The van der Waals surface area contributed by atoms with Gasteiger partial charge in [0.05, 0.1) is 17.5 Å². The quantitative estimate of drug-likeness (QED) is 0.419. The molecule has 0 bridgehead atoms. The van der Waals surface area contributed by atoms with Crippen LogP contribution < -0.4 is 10.6 Å². The first kappa shape index (κ1) is 20.9. The van der Waals surface area contributed by atoms with Crippen molar-refractivity contribution < 1.29 is 4.79 Å². The highest BCUT2D eigenvalue weighted by Gasteiger charge is 2.34. The number of aromatic nitrogens is 5. The van der Waals surface area contributed by atoms with Crippen LogP contribution >= 0.6 is 11.8 Å². The standard InChI is InChI=1S/C24H21N7OS/c1-16-20(22(32)28-19-8-5-11-26-14-19)21(18-9-12-25-13-10-18)31-23(27-16)29-24(30-31)33-15-17-6-3-2-4-7-17/h2-14,21H,15H2,1H3,(H,28,32)(H,27,29,30)/t21-/m0/s1. The molecule has 0 saturated carbocycles. The highest BCUT2D eigenvalue weighted by atomic mass is 32.2. The molecule has 5 rings (SSSR count). The van der Waals surface area contributed by atoms with Gasteiger partial charge in [-0.05, 0) is 42.3 Å². The number of benzene rings is 1. The Balaban J connectivity index is 1.48. The molecule has 0 aliphatic carbocycles. The van der Waals surface area contributed by atoms with Gasteiger partial charge in [0.15, 0.2) is 0 Å². The van der Waals surface area contributed by atoms with Crippen molar-refractivity contribution in [2.24, 2.45) is 0 Å². The molecule has 1 atom stereocenters. The van der Waals surface area contributed by atoms with Gasteiger partial charge in [-0.2, -0.15) is 4.98 Å². The summed E-state index contributed by atoms with van der Waals surface area (Å²) in [7, 11) is 0. The molecule has 0 saturated heterocycles. The second-order valence-corrected chi connectivity index (χ2v) is 8.42. The summed E-state index contributed by atoms with van der Waals surface area (Å²) < 4.78 is 1.77. The van der Waals surface area contributed by atoms with Crippen molar-refractivity contribution in [3.63, 3.8) is 0 Å². The number of amides is 1. The average molecular weight is 456 g/mol. The van der Waals surface area contributed by atoms with E-state index in [9.17, 15) is 4.79 Å². The van der Waals surface area contributed by atoms with E-state index < -0.39 is 6.04 Å². The first-order valence-corrected chi connectivity index (χ1v) is 11.4. The third-order valence-electron chi connectivity index (χ3n) is 5.23. The molecule has 1 aliphatic rings. The smallest absolute Gasteiger partial charge is 0.255 e. The van der Waals surface area contributed by atoms with Crippen LogP contribution in [-0.2, 0) is 10.5 Å². The second-order valence-electron chi connectivity index (χ2n) is 7.48. The molecule has 1 amide bonds. The number of nitrogens with zero attached hydrogens (tertiary/aromatic N) is 5. The summed E-state index contributed by atoms with van der Waals surface area (Å²) in [6, 6.07) is 17.1. The predicted molar refractivity (Wildman–Crippen MR) is 128 cm³/mol. The summed E-state index contributed by atoms with van der Waals surface area (Å²) in [4.78, 5) is 26.3. The van der Waals surface area contributed by atoms with E-state index in [1.807, 2.05) is 37.3 Å². The second kappa shape index (κ2) is 9.25. The summed E-state index contributed by atoms with van der Waals surface area (Å²) in [5.41, 5.74) is 3.99. The number of thioether (sulfide) groups is 1. The molecular formula is C24H21N7OS. The SMILES string of the molecule is CC1=C(C(=O)Nc2cccnc2)[C@H](c2ccncc2)n2nc(SCc3ccccc3)nc2N1. The number of carbonyl (C=O) groups excluding carboxylic acids is 1. The van der Waals surface area contributed by atoms with Crippen LogP contribution in [0.3, 0.4) is 0 Å². The Morgan fingerprint density at radius 1 is 1.06 bits per heavy atom. The Morgan fingerprint density at radius 3 is 2.64 bits per heavy atom. The van der Waals surface area contributed by atoms with Gasteiger partial charge >= 0.3 is 0 Å². The average Bonchev–Trinajstić information content (AvgIpc) is 3.26. The third-order valence-corrected chi connectivity index (χ3v) is 6.14. The number of rotatable bonds is 6. The number of fused-ring (bicyclic) bond motifs is 1. The maximum atomic E-state index is 13.4. The molecule has 0 unspecified atom stereocenters. The van der Waals surface area contributed by atoms with E-state index in [1.54, 1.807) is 53.4 Å². The molecule has 164 valence electrons. The van der Waals surface area contributed by atoms with E-state index >= 15 is 0 Å². The number of allylic oxidation sites excluding steroid dienone is 1. The van der Waals surface area contributed by atoms with Gasteiger partial charge in [-0.25, -0.2) is 4.68 Å². The van der Waals surface area contributed by atoms with Crippen LogP contribution in [0.2, 0.25) is 0 Å². The molecule has 3 aromatic heterocycles. The number of anilines is 2. The fourth-order valence-electron chi connectivity index (χ4n) is 3.70. The van der Waals surface area contributed by atoms with Crippen molar-refractivity contribution in [2.45, 2.75) is 23.9 Å². The maximum Gasteiger partial charge on any atom is 0.255 e. The van der Waals surface area contributed by atoms with Crippen molar-refractivity contribution in [1.82, 2.24) is 24.7 Å². The minimum Gasteiger partial charge on any atom is -0.328 e. The topological polar surface area (TPSA) is 97.6 Å². The van der Waals surface area contributed by atoms with Gasteiger partial charge in [0, 0.05) is 30.0 Å². The Kier molecular flexibility index (Phi) is 5.86. The van der Waals surface area contributed by atoms with Crippen LogP contribution in [0.1, 0.15) is 24.1 Å². The minimum atomic E-state index is -0.445. The zero-order valence-electron chi connectivity index (χ0n) is 17.8. The largest absolute Gasteiger partial charge is 0.328 e. The van der Waals surface area contributed by atoms with Crippen LogP contribution in [-0.4, -0.2) is 30.6 Å². The molecule has 0 fully saturated rings. The van der Waals surface area contributed by atoms with Crippen LogP contribution in [0.5, 0.6) is 0 Å². The van der Waals surface area contributed by atoms with Crippen molar-refractivity contribution in [3.8, 4) is 0 Å². The number of hydrogen-bond donors (Lipinski definition) is 2. The Labute approximate surface area is 195 Å². The van der Waals surface area contributed by atoms with Crippen molar-refractivity contribution in [2.75, 3.05) is 10.6 Å². The van der Waals surface area contributed by atoms with E-state index in [4.69, 9.17) is 5.10 Å². The van der Waals surface area contributed by atoms with Gasteiger partial charge < -0.3 is 10.6 Å². The summed E-state index contributed by atoms with van der Waals surface area (Å²) in [5.74, 6) is 1.13. The normalized spacial score (nSPS) is 15.0. The molecule has 1 aromatic carbocycles. The summed E-state index contributed by atoms with van der Waals surface area (Å²) in [6.07, 6.45) is 6.71. The number of nitrogens with one attached hydrogen (secondary N) is 2. The third kappa shape index (κ3) is 4.49. The Morgan fingerprint density at radius 2 is 1.88 bits per heavy atom. The van der Waals surface area contributed by atoms with Crippen molar-refractivity contribution in [3.05, 3.63) is 102 Å². The molecule has 4 heterocycles. The molecule has 4 aromatic rings. The molecule has 33 heavy (non-hydrogen) atoms. The number of hydrogen-bond acceptors (Lipinski definition) is 7. The van der Waals surface area contributed by atoms with E-state index in [0.717, 1.165) is 17.0 Å². The van der Waals surface area contributed by atoms with Gasteiger partial charge in [0.25, 0.3) is 5.91 Å². The molecule has 0 radical (unpaired) electrons. The van der Waals surface area contributed by atoms with Gasteiger partial charge in [-0.3, -0.25) is 14.8 Å². The van der Waals surface area contributed by atoms with Gasteiger partial charge in [0.1, 0.15) is 6.04 Å². The van der Waals surface area contributed by atoms with Gasteiger partial charge in [-0.15, -0.1) is 5.10 Å². The fourth-order valence-corrected chi connectivity index (χ4v) is 4.48. The number of pyridine rings is 2. The maximum absolute atomic E-state index is 13.4. The minimum absolute atomic E-state index is 0.227. The summed E-state index contributed by atoms with van der Waals surface area (Å²) >= 11 is 1.56. The molecule has 1 aliphatic heterocycles. The zero-order valence-corrected chi connectivity index (χ0v) is 18.7. The van der Waals surface area contributed by atoms with Gasteiger partial charge in [-0.1, -0.05) is 42.1 Å². The lowest BCUT2D eigenvalue weighted by atomic mass is 9.96. The monoisotopic (exact) mass is 455 g/mol. The van der Waals surface area contributed by atoms with Gasteiger partial charge in [0.2, 0.25) is 11.1 Å².